The van der Waals surface area contributed by atoms with Gasteiger partial charge in [0.2, 0.25) is 5.91 Å². The molecule has 1 atom stereocenters. The molecular weight excluding hydrogens is 398 g/mol. The Morgan fingerprint density at radius 2 is 1.90 bits per heavy atom. The molecule has 2 aromatic carbocycles. The third kappa shape index (κ3) is 5.36. The highest BCUT2D eigenvalue weighted by Crippen LogP contribution is 2.18. The van der Waals surface area contributed by atoms with Gasteiger partial charge in [-0.2, -0.15) is 11.8 Å². The van der Waals surface area contributed by atoms with Crippen LogP contribution in [0.3, 0.4) is 0 Å². The van der Waals surface area contributed by atoms with E-state index in [1.807, 2.05) is 30.7 Å². The predicted octanol–water partition coefficient (Wildman–Crippen LogP) is 3.39. The van der Waals surface area contributed by atoms with Gasteiger partial charge in [-0.15, -0.1) is 0 Å². The number of ether oxygens (including phenoxy) is 1. The Bertz CT molecular complexity index is 1000. The first-order chi connectivity index (χ1) is 14.6. The molecule has 3 N–H and O–H groups in total. The Kier molecular flexibility index (Phi) is 7.79. The van der Waals surface area contributed by atoms with Crippen molar-refractivity contribution in [3.63, 3.8) is 0 Å². The number of benzene rings is 2. The number of methoxy groups -OCH3 is 1. The molecule has 7 heteroatoms. The number of para-hydroxylation sites is 2. The highest BCUT2D eigenvalue weighted by atomic mass is 32.2. The summed E-state index contributed by atoms with van der Waals surface area (Å²) in [5.41, 5.74) is 2.66. The maximum absolute atomic E-state index is 12.8. The van der Waals surface area contributed by atoms with Gasteiger partial charge in [-0.25, -0.2) is 0 Å². The van der Waals surface area contributed by atoms with E-state index in [1.165, 1.54) is 7.11 Å². The zero-order valence-electron chi connectivity index (χ0n) is 17.2. The minimum absolute atomic E-state index is 0.174. The molecule has 1 heterocycles. The van der Waals surface area contributed by atoms with E-state index in [2.05, 4.69) is 21.7 Å². The number of aromatic amines is 1. The van der Waals surface area contributed by atoms with Gasteiger partial charge in [0.1, 0.15) is 11.8 Å². The number of aromatic nitrogens is 1. The molecule has 3 rings (SSSR count). The highest BCUT2D eigenvalue weighted by Gasteiger charge is 2.22. The second kappa shape index (κ2) is 10.7. The van der Waals surface area contributed by atoms with Gasteiger partial charge >= 0.3 is 0 Å². The molecule has 0 saturated carbocycles. The van der Waals surface area contributed by atoms with Crippen LogP contribution in [0.15, 0.2) is 54.7 Å². The number of hydrogen-bond donors (Lipinski definition) is 3. The van der Waals surface area contributed by atoms with Crippen LogP contribution in [0.4, 0.5) is 0 Å². The summed E-state index contributed by atoms with van der Waals surface area (Å²) in [5, 5.41) is 7.00. The van der Waals surface area contributed by atoms with Crippen molar-refractivity contribution in [2.75, 3.05) is 25.7 Å². The van der Waals surface area contributed by atoms with E-state index in [1.54, 1.807) is 36.0 Å². The van der Waals surface area contributed by atoms with Gasteiger partial charge in [0.25, 0.3) is 5.91 Å². The normalized spacial score (nSPS) is 11.8. The lowest BCUT2D eigenvalue weighted by Gasteiger charge is -2.19. The van der Waals surface area contributed by atoms with E-state index in [-0.39, 0.29) is 11.8 Å². The van der Waals surface area contributed by atoms with Crippen molar-refractivity contribution in [3.05, 3.63) is 65.9 Å². The second-order valence-electron chi connectivity index (χ2n) is 6.91. The molecule has 0 saturated heterocycles. The van der Waals surface area contributed by atoms with Gasteiger partial charge in [0.15, 0.2) is 0 Å². The SMILES string of the molecule is COc1ccccc1C(=O)NC(CCSC)C(=O)NCCc1c[nH]c2ccccc12. The predicted molar refractivity (Wildman–Crippen MR) is 122 cm³/mol. The fourth-order valence-corrected chi connectivity index (χ4v) is 3.83. The van der Waals surface area contributed by atoms with Crippen molar-refractivity contribution in [1.82, 2.24) is 15.6 Å². The molecule has 1 aromatic heterocycles. The molecule has 0 spiro atoms. The number of nitrogens with one attached hydrogen (secondary N) is 3. The fraction of sp³-hybridized carbons (Fsp3) is 0.304. The summed E-state index contributed by atoms with van der Waals surface area (Å²) in [6, 6.07) is 14.5. The zero-order valence-corrected chi connectivity index (χ0v) is 18.1. The third-order valence-electron chi connectivity index (χ3n) is 4.95. The number of hydrogen-bond acceptors (Lipinski definition) is 4. The van der Waals surface area contributed by atoms with Crippen molar-refractivity contribution < 1.29 is 14.3 Å². The van der Waals surface area contributed by atoms with E-state index < -0.39 is 6.04 Å². The number of rotatable bonds is 10. The average Bonchev–Trinajstić information content (AvgIpc) is 3.19. The molecule has 1 unspecified atom stereocenters. The maximum atomic E-state index is 12.8. The first-order valence-electron chi connectivity index (χ1n) is 9.89. The van der Waals surface area contributed by atoms with Gasteiger partial charge < -0.3 is 20.4 Å². The van der Waals surface area contributed by atoms with Crippen molar-refractivity contribution in [1.29, 1.82) is 0 Å². The lowest BCUT2D eigenvalue weighted by atomic mass is 10.1. The number of fused-ring (bicyclic) bond motifs is 1. The lowest BCUT2D eigenvalue weighted by molar-refractivity contribution is -0.122. The molecule has 0 bridgehead atoms. The van der Waals surface area contributed by atoms with Gasteiger partial charge in [0.05, 0.1) is 12.7 Å². The van der Waals surface area contributed by atoms with Crippen LogP contribution < -0.4 is 15.4 Å². The fourth-order valence-electron chi connectivity index (χ4n) is 3.35. The monoisotopic (exact) mass is 425 g/mol. The molecule has 6 nitrogen and oxygen atoms in total. The zero-order chi connectivity index (χ0) is 21.3. The van der Waals surface area contributed by atoms with Crippen molar-refractivity contribution >= 4 is 34.5 Å². The molecule has 0 fully saturated rings. The largest absolute Gasteiger partial charge is 0.496 e. The molecule has 0 radical (unpaired) electrons. The first-order valence-corrected chi connectivity index (χ1v) is 11.3. The molecule has 158 valence electrons. The van der Waals surface area contributed by atoms with Crippen LogP contribution in [0.25, 0.3) is 10.9 Å². The van der Waals surface area contributed by atoms with Crippen molar-refractivity contribution in [3.8, 4) is 5.75 Å². The lowest BCUT2D eigenvalue weighted by Crippen LogP contribution is -2.47. The van der Waals surface area contributed by atoms with Crippen LogP contribution in [-0.2, 0) is 11.2 Å². The van der Waals surface area contributed by atoms with Gasteiger partial charge in [-0.05, 0) is 48.6 Å². The van der Waals surface area contributed by atoms with E-state index >= 15 is 0 Å². The maximum Gasteiger partial charge on any atom is 0.255 e. The summed E-state index contributed by atoms with van der Waals surface area (Å²) in [7, 11) is 1.52. The van der Waals surface area contributed by atoms with Gasteiger partial charge in [-0.1, -0.05) is 30.3 Å². The highest BCUT2D eigenvalue weighted by molar-refractivity contribution is 7.98. The third-order valence-corrected chi connectivity index (χ3v) is 5.60. The number of carbonyl (C=O) groups is 2. The van der Waals surface area contributed by atoms with E-state index in [9.17, 15) is 9.59 Å². The smallest absolute Gasteiger partial charge is 0.255 e. The van der Waals surface area contributed by atoms with E-state index in [4.69, 9.17) is 4.74 Å². The van der Waals surface area contributed by atoms with Crippen LogP contribution in [0.2, 0.25) is 0 Å². The van der Waals surface area contributed by atoms with Crippen LogP contribution in [0.1, 0.15) is 22.3 Å². The quantitative estimate of drug-likeness (QED) is 0.465. The van der Waals surface area contributed by atoms with E-state index in [0.29, 0.717) is 30.7 Å². The van der Waals surface area contributed by atoms with E-state index in [0.717, 1.165) is 22.2 Å². The van der Waals surface area contributed by atoms with Crippen LogP contribution >= 0.6 is 11.8 Å². The molecule has 0 aliphatic rings. The molecular formula is C23H27N3O3S. The van der Waals surface area contributed by atoms with Crippen LogP contribution in [0.5, 0.6) is 5.75 Å². The van der Waals surface area contributed by atoms with Gasteiger partial charge in [0, 0.05) is 23.6 Å². The minimum Gasteiger partial charge on any atom is -0.496 e. The van der Waals surface area contributed by atoms with Crippen molar-refractivity contribution in [2.45, 2.75) is 18.9 Å². The number of H-pyrrole nitrogens is 1. The van der Waals surface area contributed by atoms with Crippen LogP contribution in [-0.4, -0.2) is 48.5 Å². The average molecular weight is 426 g/mol. The van der Waals surface area contributed by atoms with Gasteiger partial charge in [-0.3, -0.25) is 9.59 Å². The molecule has 30 heavy (non-hydrogen) atoms. The molecule has 3 aromatic rings. The Morgan fingerprint density at radius 1 is 1.13 bits per heavy atom. The number of thioether (sulfide) groups is 1. The Hall–Kier alpha value is -2.93. The summed E-state index contributed by atoms with van der Waals surface area (Å²) in [6.07, 6.45) is 5.23. The topological polar surface area (TPSA) is 83.2 Å². The minimum atomic E-state index is -0.599. The van der Waals surface area contributed by atoms with Crippen LogP contribution in [0, 0.1) is 0 Å². The Labute approximate surface area is 180 Å². The molecule has 0 aliphatic heterocycles. The standard InChI is InChI=1S/C23H27N3O3S/c1-29-21-10-6-4-8-18(21)22(27)26-20(12-14-30-2)23(28)24-13-11-16-15-25-19-9-5-3-7-17(16)19/h3-10,15,20,25H,11-14H2,1-2H3,(H,24,28)(H,26,27). The second-order valence-corrected chi connectivity index (χ2v) is 7.89. The number of amides is 2. The Balaban J connectivity index is 1.61. The summed E-state index contributed by atoms with van der Waals surface area (Å²) >= 11 is 1.64. The summed E-state index contributed by atoms with van der Waals surface area (Å²) in [4.78, 5) is 28.8. The number of carbonyl (C=O) groups excluding carboxylic acids is 2. The molecule has 2 amide bonds. The van der Waals surface area contributed by atoms with Crippen molar-refractivity contribution in [2.24, 2.45) is 0 Å². The summed E-state index contributed by atoms with van der Waals surface area (Å²) < 4.78 is 5.26. The summed E-state index contributed by atoms with van der Waals surface area (Å²) in [5.74, 6) is 0.767. The first kappa shape index (κ1) is 21.8. The Morgan fingerprint density at radius 3 is 2.70 bits per heavy atom. The molecule has 0 aliphatic carbocycles. The summed E-state index contributed by atoms with van der Waals surface area (Å²) in [6.45, 7) is 0.501.